The summed E-state index contributed by atoms with van der Waals surface area (Å²) in [5.74, 6) is -0.272. The van der Waals surface area contributed by atoms with E-state index in [1.165, 1.54) is 0 Å². The number of ether oxygens (including phenoxy) is 1. The van der Waals surface area contributed by atoms with Crippen molar-refractivity contribution < 1.29 is 19.4 Å². The largest absolute Gasteiger partial charge is 0.481 e. The highest BCUT2D eigenvalue weighted by molar-refractivity contribution is 5.84. The Labute approximate surface area is 167 Å². The molecule has 3 saturated heterocycles. The minimum absolute atomic E-state index is 0.0357. The number of carbonyl (C=O) groups excluding carboxylic acids is 1. The van der Waals surface area contributed by atoms with Gasteiger partial charge in [-0.2, -0.15) is 0 Å². The van der Waals surface area contributed by atoms with Gasteiger partial charge in [-0.1, -0.05) is 37.1 Å². The van der Waals surface area contributed by atoms with E-state index < -0.39 is 11.4 Å². The van der Waals surface area contributed by atoms with Crippen LogP contribution in [0.25, 0.3) is 0 Å². The van der Waals surface area contributed by atoms with Crippen molar-refractivity contribution in [3.63, 3.8) is 0 Å². The molecule has 0 radical (unpaired) electrons. The summed E-state index contributed by atoms with van der Waals surface area (Å²) in [5, 5.41) is 8.87. The third-order valence-electron chi connectivity index (χ3n) is 7.04. The number of carbonyl (C=O) groups is 2. The van der Waals surface area contributed by atoms with Gasteiger partial charge in [0.1, 0.15) is 6.10 Å². The molecule has 1 saturated carbocycles. The zero-order valence-corrected chi connectivity index (χ0v) is 16.6. The van der Waals surface area contributed by atoms with E-state index in [4.69, 9.17) is 9.84 Å². The number of hydrogen-bond acceptors (Lipinski definition) is 4. The molecule has 0 unspecified atom stereocenters. The van der Waals surface area contributed by atoms with Crippen LogP contribution < -0.4 is 0 Å². The first-order chi connectivity index (χ1) is 13.6. The van der Waals surface area contributed by atoms with Gasteiger partial charge >= 0.3 is 11.9 Å². The number of carboxylic acids is 1. The van der Waals surface area contributed by atoms with E-state index >= 15 is 0 Å². The van der Waals surface area contributed by atoms with Crippen molar-refractivity contribution in [3.05, 3.63) is 35.4 Å². The number of aryl methyl sites for hydroxylation is 1. The number of aliphatic carboxylic acids is 1. The number of benzene rings is 1. The zero-order valence-electron chi connectivity index (χ0n) is 16.6. The topological polar surface area (TPSA) is 66.8 Å². The number of nitrogens with zero attached hydrogens (tertiary/aromatic N) is 1. The van der Waals surface area contributed by atoms with E-state index in [9.17, 15) is 9.59 Å². The molecule has 1 aliphatic carbocycles. The molecule has 0 amide bonds. The van der Waals surface area contributed by atoms with E-state index in [2.05, 4.69) is 17.0 Å². The molecule has 5 rings (SSSR count). The minimum Gasteiger partial charge on any atom is -0.481 e. The number of piperidine rings is 3. The van der Waals surface area contributed by atoms with Crippen molar-refractivity contribution >= 4 is 11.9 Å². The Kier molecular flexibility index (Phi) is 5.72. The van der Waals surface area contributed by atoms with Gasteiger partial charge in [-0.05, 0) is 68.7 Å². The van der Waals surface area contributed by atoms with E-state index in [1.807, 2.05) is 12.1 Å². The number of hydrogen-bond donors (Lipinski definition) is 1. The van der Waals surface area contributed by atoms with Crippen LogP contribution >= 0.6 is 0 Å². The highest BCUT2D eigenvalue weighted by atomic mass is 16.5. The van der Waals surface area contributed by atoms with Crippen molar-refractivity contribution in [2.45, 2.75) is 69.3 Å². The predicted molar refractivity (Wildman–Crippen MR) is 106 cm³/mol. The Morgan fingerprint density at radius 1 is 1.18 bits per heavy atom. The lowest BCUT2D eigenvalue weighted by molar-refractivity contribution is -0.165. The number of esters is 1. The smallest absolute Gasteiger partial charge is 0.316 e. The second-order valence-corrected chi connectivity index (χ2v) is 8.82. The molecule has 3 heterocycles. The van der Waals surface area contributed by atoms with Gasteiger partial charge < -0.3 is 9.84 Å². The third-order valence-corrected chi connectivity index (χ3v) is 7.04. The quantitative estimate of drug-likeness (QED) is 0.727. The van der Waals surface area contributed by atoms with Crippen LogP contribution in [0.2, 0.25) is 0 Å². The zero-order chi connectivity index (χ0) is 19.6. The lowest BCUT2D eigenvalue weighted by Gasteiger charge is -2.45. The summed E-state index contributed by atoms with van der Waals surface area (Å²) >= 11 is 0. The van der Waals surface area contributed by atoms with Crippen molar-refractivity contribution in [1.29, 1.82) is 0 Å². The summed E-state index contributed by atoms with van der Waals surface area (Å²) in [4.78, 5) is 26.6. The van der Waals surface area contributed by atoms with Gasteiger partial charge in [0, 0.05) is 13.0 Å². The van der Waals surface area contributed by atoms with Crippen LogP contribution in [0.1, 0.15) is 62.5 Å². The van der Waals surface area contributed by atoms with Crippen molar-refractivity contribution in [1.82, 2.24) is 4.90 Å². The van der Waals surface area contributed by atoms with E-state index in [-0.39, 0.29) is 18.5 Å². The van der Waals surface area contributed by atoms with Crippen molar-refractivity contribution in [2.24, 2.45) is 5.92 Å². The number of fused-ring (bicyclic) bond motifs is 3. The fourth-order valence-corrected chi connectivity index (χ4v) is 5.35. The standard InChI is InChI=1S/C23H31NO4/c25-21(26)8-4-6-17-5-3-7-19(15-17)23(11-1-2-12-23)22(27)28-20-16-24-13-9-18(20)10-14-24/h3,5,7,15,18,20H,1-2,4,6,8-14,16H2,(H,25,26)/t20-/m0/s1. The Morgan fingerprint density at radius 2 is 1.93 bits per heavy atom. The number of carboxylic acid groups (broad SMARTS) is 1. The summed E-state index contributed by atoms with van der Waals surface area (Å²) in [6.07, 6.45) is 7.67. The molecule has 0 aromatic heterocycles. The summed E-state index contributed by atoms with van der Waals surface area (Å²) in [6.45, 7) is 3.17. The highest BCUT2D eigenvalue weighted by Gasteiger charge is 2.46. The Morgan fingerprint density at radius 3 is 2.57 bits per heavy atom. The fraction of sp³-hybridized carbons (Fsp3) is 0.652. The molecule has 0 spiro atoms. The van der Waals surface area contributed by atoms with E-state index in [1.54, 1.807) is 0 Å². The third kappa shape index (κ3) is 3.95. The minimum atomic E-state index is -0.760. The summed E-state index contributed by atoms with van der Waals surface area (Å²) in [6, 6.07) is 8.22. The van der Waals surface area contributed by atoms with Crippen LogP contribution in [-0.4, -0.2) is 47.7 Å². The van der Waals surface area contributed by atoms with Gasteiger partial charge in [-0.25, -0.2) is 0 Å². The average Bonchev–Trinajstić information content (AvgIpc) is 3.20. The van der Waals surface area contributed by atoms with E-state index in [0.717, 1.165) is 75.7 Å². The SMILES string of the molecule is O=C(O)CCCc1cccc(C2(C(=O)O[C@H]3CN4CCC3CC4)CCCC2)c1. The first-order valence-electron chi connectivity index (χ1n) is 10.8. The van der Waals surface area contributed by atoms with Crippen LogP contribution in [0, 0.1) is 5.92 Å². The molecule has 5 heteroatoms. The van der Waals surface area contributed by atoms with Crippen molar-refractivity contribution in [3.8, 4) is 0 Å². The molecule has 4 fully saturated rings. The molecular formula is C23H31NO4. The monoisotopic (exact) mass is 385 g/mol. The fourth-order valence-electron chi connectivity index (χ4n) is 5.35. The molecule has 28 heavy (non-hydrogen) atoms. The average molecular weight is 386 g/mol. The lowest BCUT2D eigenvalue weighted by Crippen LogP contribution is -2.53. The summed E-state index contributed by atoms with van der Waals surface area (Å²) in [5.41, 5.74) is 1.65. The van der Waals surface area contributed by atoms with Gasteiger partial charge in [-0.3, -0.25) is 14.5 Å². The molecule has 3 aliphatic heterocycles. The van der Waals surface area contributed by atoms with Crippen LogP contribution in [0.4, 0.5) is 0 Å². The van der Waals surface area contributed by atoms with Gasteiger partial charge in [-0.15, -0.1) is 0 Å². The molecule has 4 aliphatic rings. The maximum absolute atomic E-state index is 13.4. The molecule has 1 aromatic rings. The van der Waals surface area contributed by atoms with Crippen LogP contribution in [0.3, 0.4) is 0 Å². The Balaban J connectivity index is 1.49. The molecule has 152 valence electrons. The molecule has 1 atom stereocenters. The van der Waals surface area contributed by atoms with Crippen LogP contribution in [-0.2, 0) is 26.2 Å². The van der Waals surface area contributed by atoms with Crippen LogP contribution in [0.5, 0.6) is 0 Å². The Bertz CT molecular complexity index is 717. The molecule has 1 N–H and O–H groups in total. The van der Waals surface area contributed by atoms with Gasteiger partial charge in [0.15, 0.2) is 0 Å². The van der Waals surface area contributed by atoms with Gasteiger partial charge in [0.2, 0.25) is 0 Å². The van der Waals surface area contributed by atoms with Crippen molar-refractivity contribution in [2.75, 3.05) is 19.6 Å². The second-order valence-electron chi connectivity index (χ2n) is 8.82. The molecular weight excluding hydrogens is 354 g/mol. The molecule has 1 aromatic carbocycles. The maximum atomic E-state index is 13.4. The maximum Gasteiger partial charge on any atom is 0.316 e. The van der Waals surface area contributed by atoms with Gasteiger partial charge in [0.25, 0.3) is 0 Å². The highest BCUT2D eigenvalue weighted by Crippen LogP contribution is 2.43. The molecule has 2 bridgehead atoms. The lowest BCUT2D eigenvalue weighted by atomic mass is 9.77. The summed E-state index contributed by atoms with van der Waals surface area (Å²) in [7, 11) is 0. The second kappa shape index (κ2) is 8.24. The summed E-state index contributed by atoms with van der Waals surface area (Å²) < 4.78 is 6.16. The Hall–Kier alpha value is -1.88. The predicted octanol–water partition coefficient (Wildman–Crippen LogP) is 3.54. The number of rotatable bonds is 7. The normalized spacial score (nSPS) is 28.2. The van der Waals surface area contributed by atoms with Gasteiger partial charge in [0.05, 0.1) is 5.41 Å². The first-order valence-corrected chi connectivity index (χ1v) is 10.8. The van der Waals surface area contributed by atoms with Crippen LogP contribution in [0.15, 0.2) is 24.3 Å². The molecule has 5 nitrogen and oxygen atoms in total. The first kappa shape index (κ1) is 19.4. The van der Waals surface area contributed by atoms with E-state index in [0.29, 0.717) is 12.3 Å².